The molecular formula is C17H36N. The van der Waals surface area contributed by atoms with Crippen LogP contribution in [-0.2, 0) is 0 Å². The van der Waals surface area contributed by atoms with E-state index in [1.54, 1.807) is 0 Å². The molecule has 18 heavy (non-hydrogen) atoms. The van der Waals surface area contributed by atoms with Gasteiger partial charge in [-0.25, -0.2) is 0 Å². The van der Waals surface area contributed by atoms with E-state index in [1.165, 1.54) is 77.0 Å². The van der Waals surface area contributed by atoms with Crippen LogP contribution in [0.25, 0.3) is 0 Å². The monoisotopic (exact) mass is 254 g/mol. The third kappa shape index (κ3) is 16.0. The highest BCUT2D eigenvalue weighted by Gasteiger charge is 2.09. The van der Waals surface area contributed by atoms with Gasteiger partial charge in [-0.15, -0.1) is 0 Å². The van der Waals surface area contributed by atoms with Gasteiger partial charge in [0.25, 0.3) is 0 Å². The van der Waals surface area contributed by atoms with Crippen molar-refractivity contribution < 1.29 is 0 Å². The molecule has 0 spiro atoms. The fraction of sp³-hybridized carbons (Fsp3) is 1.00. The SMILES string of the molecule is CCCCCCCCCCCCCCC(C)(C)[NH]. The lowest BCUT2D eigenvalue weighted by Gasteiger charge is -2.16. The van der Waals surface area contributed by atoms with E-state index in [2.05, 4.69) is 6.92 Å². The quantitative estimate of drug-likeness (QED) is 0.353. The maximum absolute atomic E-state index is 7.77. The van der Waals surface area contributed by atoms with E-state index in [9.17, 15) is 0 Å². The van der Waals surface area contributed by atoms with Crippen LogP contribution in [0, 0.1) is 0 Å². The number of unbranched alkanes of at least 4 members (excludes halogenated alkanes) is 11. The molecule has 0 bridgehead atoms. The standard InChI is InChI=1S/C17H36N/c1-4-5-6-7-8-9-10-11-12-13-14-15-16-17(2,3)18/h18H,4-16H2,1-3H3. The summed E-state index contributed by atoms with van der Waals surface area (Å²) in [6, 6.07) is 0. The van der Waals surface area contributed by atoms with Crippen LogP contribution in [-0.4, -0.2) is 5.54 Å². The highest BCUT2D eigenvalue weighted by Crippen LogP contribution is 2.15. The van der Waals surface area contributed by atoms with Crippen molar-refractivity contribution in [2.45, 2.75) is 110 Å². The summed E-state index contributed by atoms with van der Waals surface area (Å²) in [6.07, 6.45) is 17.9. The molecule has 1 radical (unpaired) electrons. The summed E-state index contributed by atoms with van der Waals surface area (Å²) in [4.78, 5) is 0. The second-order valence-electron chi connectivity index (χ2n) is 6.52. The summed E-state index contributed by atoms with van der Waals surface area (Å²) in [5.41, 5.74) is 7.56. The predicted octanol–water partition coefficient (Wildman–Crippen LogP) is 6.14. The van der Waals surface area contributed by atoms with E-state index in [0.29, 0.717) is 0 Å². The Labute approximate surface area is 116 Å². The molecule has 0 fully saturated rings. The molecule has 1 nitrogen and oxygen atoms in total. The van der Waals surface area contributed by atoms with E-state index in [1.807, 2.05) is 13.8 Å². The highest BCUT2D eigenvalue weighted by atomic mass is 14.7. The lowest BCUT2D eigenvalue weighted by atomic mass is 9.97. The Morgan fingerprint density at radius 1 is 0.611 bits per heavy atom. The Morgan fingerprint density at radius 3 is 1.28 bits per heavy atom. The normalized spacial score (nSPS) is 12.0. The number of nitrogens with one attached hydrogen (secondary N) is 1. The summed E-state index contributed by atoms with van der Waals surface area (Å²) in [5, 5.41) is 0. The number of rotatable bonds is 13. The Bertz CT molecular complexity index is 157. The maximum atomic E-state index is 7.77. The first-order valence-corrected chi connectivity index (χ1v) is 8.31. The van der Waals surface area contributed by atoms with Crippen LogP contribution < -0.4 is 5.73 Å². The Kier molecular flexibility index (Phi) is 12.0. The topological polar surface area (TPSA) is 23.8 Å². The van der Waals surface area contributed by atoms with Crippen LogP contribution in [0.3, 0.4) is 0 Å². The average Bonchev–Trinajstić information content (AvgIpc) is 2.29. The van der Waals surface area contributed by atoms with Gasteiger partial charge >= 0.3 is 0 Å². The molecule has 0 aliphatic rings. The lowest BCUT2D eigenvalue weighted by molar-refractivity contribution is 0.427. The molecule has 0 rings (SSSR count). The zero-order valence-electron chi connectivity index (χ0n) is 13.2. The summed E-state index contributed by atoms with van der Waals surface area (Å²) >= 11 is 0. The minimum absolute atomic E-state index is 0.210. The third-order valence-corrected chi connectivity index (χ3v) is 3.66. The minimum Gasteiger partial charge on any atom is -0.252 e. The largest absolute Gasteiger partial charge is 0.252 e. The first kappa shape index (κ1) is 18.0. The fourth-order valence-corrected chi connectivity index (χ4v) is 2.41. The van der Waals surface area contributed by atoms with Crippen molar-refractivity contribution in [1.29, 1.82) is 0 Å². The van der Waals surface area contributed by atoms with Crippen LogP contribution in [0.4, 0.5) is 0 Å². The van der Waals surface area contributed by atoms with Gasteiger partial charge in [0.1, 0.15) is 0 Å². The molecule has 0 aromatic carbocycles. The molecule has 0 heterocycles. The molecule has 0 aromatic rings. The van der Waals surface area contributed by atoms with Crippen LogP contribution in [0.1, 0.15) is 104 Å². The van der Waals surface area contributed by atoms with Crippen molar-refractivity contribution in [1.82, 2.24) is 5.73 Å². The van der Waals surface area contributed by atoms with Crippen LogP contribution in [0.5, 0.6) is 0 Å². The van der Waals surface area contributed by atoms with Crippen molar-refractivity contribution in [2.24, 2.45) is 0 Å². The summed E-state index contributed by atoms with van der Waals surface area (Å²) in [6.45, 7) is 6.32. The molecule has 0 atom stereocenters. The molecule has 1 N–H and O–H groups in total. The van der Waals surface area contributed by atoms with Gasteiger partial charge < -0.3 is 0 Å². The first-order chi connectivity index (χ1) is 8.56. The fourth-order valence-electron chi connectivity index (χ4n) is 2.41. The third-order valence-electron chi connectivity index (χ3n) is 3.66. The Hall–Kier alpha value is -0.0400. The van der Waals surface area contributed by atoms with E-state index in [0.717, 1.165) is 6.42 Å². The van der Waals surface area contributed by atoms with Crippen molar-refractivity contribution in [3.63, 3.8) is 0 Å². The Morgan fingerprint density at radius 2 is 0.944 bits per heavy atom. The average molecular weight is 254 g/mol. The van der Waals surface area contributed by atoms with Gasteiger partial charge in [-0.1, -0.05) is 84.0 Å². The smallest absolute Gasteiger partial charge is 0.0267 e. The van der Waals surface area contributed by atoms with Crippen LogP contribution in [0.15, 0.2) is 0 Å². The van der Waals surface area contributed by atoms with Gasteiger partial charge in [0, 0.05) is 5.54 Å². The summed E-state index contributed by atoms with van der Waals surface area (Å²) < 4.78 is 0. The molecule has 0 saturated carbocycles. The van der Waals surface area contributed by atoms with Gasteiger partial charge in [-0.2, -0.15) is 0 Å². The van der Waals surface area contributed by atoms with Gasteiger partial charge in [-0.05, 0) is 20.3 Å². The zero-order chi connectivity index (χ0) is 13.7. The van der Waals surface area contributed by atoms with E-state index < -0.39 is 0 Å². The molecule has 0 saturated heterocycles. The van der Waals surface area contributed by atoms with Crippen LogP contribution in [0.2, 0.25) is 0 Å². The van der Waals surface area contributed by atoms with Gasteiger partial charge in [0.05, 0.1) is 0 Å². The van der Waals surface area contributed by atoms with Crippen molar-refractivity contribution in [3.05, 3.63) is 0 Å². The molecule has 109 valence electrons. The van der Waals surface area contributed by atoms with Gasteiger partial charge in [0.2, 0.25) is 0 Å². The van der Waals surface area contributed by atoms with E-state index in [-0.39, 0.29) is 5.54 Å². The zero-order valence-corrected chi connectivity index (χ0v) is 13.2. The van der Waals surface area contributed by atoms with E-state index >= 15 is 0 Å². The summed E-state index contributed by atoms with van der Waals surface area (Å²) in [5.74, 6) is 0. The van der Waals surface area contributed by atoms with Gasteiger partial charge in [-0.3, -0.25) is 5.73 Å². The van der Waals surface area contributed by atoms with E-state index in [4.69, 9.17) is 5.73 Å². The Balaban J connectivity index is 2.99. The minimum atomic E-state index is -0.210. The molecule has 0 aliphatic carbocycles. The number of hydrogen-bond donors (Lipinski definition) is 0. The molecule has 0 aliphatic heterocycles. The van der Waals surface area contributed by atoms with Gasteiger partial charge in [0.15, 0.2) is 0 Å². The molecule has 0 aromatic heterocycles. The predicted molar refractivity (Wildman–Crippen MR) is 82.9 cm³/mol. The van der Waals surface area contributed by atoms with Crippen molar-refractivity contribution >= 4 is 0 Å². The second-order valence-corrected chi connectivity index (χ2v) is 6.52. The lowest BCUT2D eigenvalue weighted by Crippen LogP contribution is -2.20. The number of hydrogen-bond acceptors (Lipinski definition) is 0. The second kappa shape index (κ2) is 12.0. The van der Waals surface area contributed by atoms with Crippen molar-refractivity contribution in [2.75, 3.05) is 0 Å². The molecule has 0 unspecified atom stereocenters. The van der Waals surface area contributed by atoms with Crippen LogP contribution >= 0.6 is 0 Å². The molecule has 1 heteroatoms. The highest BCUT2D eigenvalue weighted by molar-refractivity contribution is 4.69. The molecule has 0 amide bonds. The molecular weight excluding hydrogens is 218 g/mol. The summed E-state index contributed by atoms with van der Waals surface area (Å²) in [7, 11) is 0. The first-order valence-electron chi connectivity index (χ1n) is 8.31. The van der Waals surface area contributed by atoms with Crippen molar-refractivity contribution in [3.8, 4) is 0 Å². The maximum Gasteiger partial charge on any atom is 0.0267 e.